The van der Waals surface area contributed by atoms with Crippen molar-refractivity contribution in [3.05, 3.63) is 24.3 Å². The lowest BCUT2D eigenvalue weighted by molar-refractivity contribution is -0.139. The third-order valence-electron chi connectivity index (χ3n) is 1.67. The van der Waals surface area contributed by atoms with Crippen LogP contribution < -0.4 is 4.74 Å². The van der Waals surface area contributed by atoms with Crippen LogP contribution in [0.15, 0.2) is 24.3 Å². The Morgan fingerprint density at radius 2 is 2.20 bits per heavy atom. The number of aliphatic hydroxyl groups excluding tert-OH is 1. The van der Waals surface area contributed by atoms with Crippen LogP contribution in [-0.4, -0.2) is 34.0 Å². The van der Waals surface area contributed by atoms with E-state index in [1.165, 1.54) is 12.1 Å². The maximum Gasteiger partial charge on any atom is 0.306 e. The molecule has 0 amide bonds. The quantitative estimate of drug-likeness (QED) is 0.665. The van der Waals surface area contributed by atoms with Gasteiger partial charge in [-0.05, 0) is 12.1 Å². The Balaban J connectivity index is 2.40. The SMILES string of the molecule is O=C(O)CC(O)COc1cccc(O)c1. The molecule has 0 spiro atoms. The van der Waals surface area contributed by atoms with Gasteiger partial charge in [0.05, 0.1) is 12.5 Å². The smallest absolute Gasteiger partial charge is 0.306 e. The van der Waals surface area contributed by atoms with E-state index < -0.39 is 12.1 Å². The van der Waals surface area contributed by atoms with Gasteiger partial charge in [0, 0.05) is 6.07 Å². The van der Waals surface area contributed by atoms with Crippen LogP contribution in [0.1, 0.15) is 6.42 Å². The molecular weight excluding hydrogens is 200 g/mol. The Morgan fingerprint density at radius 3 is 2.80 bits per heavy atom. The topological polar surface area (TPSA) is 87.0 Å². The lowest BCUT2D eigenvalue weighted by atomic mass is 10.3. The summed E-state index contributed by atoms with van der Waals surface area (Å²) in [6.07, 6.45) is -1.41. The Morgan fingerprint density at radius 1 is 1.47 bits per heavy atom. The van der Waals surface area contributed by atoms with Crippen molar-refractivity contribution in [2.45, 2.75) is 12.5 Å². The van der Waals surface area contributed by atoms with E-state index in [9.17, 15) is 9.90 Å². The van der Waals surface area contributed by atoms with E-state index in [1.54, 1.807) is 12.1 Å². The second-order valence-corrected chi connectivity index (χ2v) is 3.06. The minimum absolute atomic E-state index is 0.0558. The van der Waals surface area contributed by atoms with Crippen molar-refractivity contribution in [3.8, 4) is 11.5 Å². The van der Waals surface area contributed by atoms with E-state index in [0.29, 0.717) is 5.75 Å². The zero-order valence-electron chi connectivity index (χ0n) is 7.96. The molecule has 1 aromatic rings. The average Bonchev–Trinajstić information content (AvgIpc) is 2.14. The van der Waals surface area contributed by atoms with Crippen LogP contribution in [0.5, 0.6) is 11.5 Å². The Hall–Kier alpha value is -1.75. The molecule has 0 saturated heterocycles. The van der Waals surface area contributed by atoms with E-state index in [0.717, 1.165) is 0 Å². The third-order valence-corrected chi connectivity index (χ3v) is 1.67. The van der Waals surface area contributed by atoms with Crippen molar-refractivity contribution in [3.63, 3.8) is 0 Å². The van der Waals surface area contributed by atoms with Gasteiger partial charge in [0.1, 0.15) is 18.1 Å². The molecule has 3 N–H and O–H groups in total. The number of carboxylic acid groups (broad SMARTS) is 1. The van der Waals surface area contributed by atoms with Gasteiger partial charge in [-0.3, -0.25) is 4.79 Å². The molecule has 0 aliphatic rings. The maximum absolute atomic E-state index is 10.2. The summed E-state index contributed by atoms with van der Waals surface area (Å²) in [6, 6.07) is 6.06. The second-order valence-electron chi connectivity index (χ2n) is 3.06. The molecule has 5 nitrogen and oxygen atoms in total. The van der Waals surface area contributed by atoms with Crippen LogP contribution >= 0.6 is 0 Å². The highest BCUT2D eigenvalue weighted by Crippen LogP contribution is 2.17. The Bertz CT molecular complexity index is 336. The fourth-order valence-corrected chi connectivity index (χ4v) is 1.03. The maximum atomic E-state index is 10.2. The van der Waals surface area contributed by atoms with Crippen LogP contribution in [-0.2, 0) is 4.79 Å². The summed E-state index contributed by atoms with van der Waals surface area (Å²) in [5.74, 6) is -0.637. The first-order chi connectivity index (χ1) is 7.08. The molecule has 5 heteroatoms. The molecule has 1 aromatic carbocycles. The van der Waals surface area contributed by atoms with E-state index in [1.807, 2.05) is 0 Å². The highest BCUT2D eigenvalue weighted by atomic mass is 16.5. The van der Waals surface area contributed by atoms with Crippen molar-refractivity contribution in [1.82, 2.24) is 0 Å². The van der Waals surface area contributed by atoms with Gasteiger partial charge in [0.2, 0.25) is 0 Å². The second kappa shape index (κ2) is 5.21. The normalized spacial score (nSPS) is 12.1. The summed E-state index contributed by atoms with van der Waals surface area (Å²) in [4.78, 5) is 10.2. The average molecular weight is 212 g/mol. The Labute approximate surface area is 86.5 Å². The first-order valence-electron chi connectivity index (χ1n) is 4.39. The van der Waals surface area contributed by atoms with E-state index >= 15 is 0 Å². The number of hydrogen-bond donors (Lipinski definition) is 3. The number of carbonyl (C=O) groups is 1. The summed E-state index contributed by atoms with van der Waals surface area (Å²) < 4.78 is 5.08. The van der Waals surface area contributed by atoms with Gasteiger partial charge in [-0.1, -0.05) is 6.07 Å². The lowest BCUT2D eigenvalue weighted by Crippen LogP contribution is -2.21. The first kappa shape index (κ1) is 11.3. The van der Waals surface area contributed by atoms with Gasteiger partial charge in [-0.15, -0.1) is 0 Å². The number of aliphatic carboxylic acids is 1. The number of aliphatic hydroxyl groups is 1. The fraction of sp³-hybridized carbons (Fsp3) is 0.300. The largest absolute Gasteiger partial charge is 0.508 e. The molecular formula is C10H12O5. The molecule has 82 valence electrons. The van der Waals surface area contributed by atoms with Gasteiger partial charge in [-0.25, -0.2) is 0 Å². The van der Waals surface area contributed by atoms with Gasteiger partial charge in [0.25, 0.3) is 0 Å². The summed E-state index contributed by atoms with van der Waals surface area (Å²) in [5.41, 5.74) is 0. The number of phenols is 1. The summed E-state index contributed by atoms with van der Waals surface area (Å²) >= 11 is 0. The van der Waals surface area contributed by atoms with E-state index in [-0.39, 0.29) is 18.8 Å². The fourth-order valence-electron chi connectivity index (χ4n) is 1.03. The summed E-state index contributed by atoms with van der Waals surface area (Å²) in [7, 11) is 0. The summed E-state index contributed by atoms with van der Waals surface area (Å²) in [6.45, 7) is -0.115. The monoisotopic (exact) mass is 212 g/mol. The molecule has 1 rings (SSSR count). The molecule has 0 aliphatic carbocycles. The molecule has 0 fully saturated rings. The molecule has 0 bridgehead atoms. The highest BCUT2D eigenvalue weighted by Gasteiger charge is 2.10. The van der Waals surface area contributed by atoms with Crippen LogP contribution in [0, 0.1) is 0 Å². The molecule has 1 unspecified atom stereocenters. The predicted octanol–water partition coefficient (Wildman–Crippen LogP) is 0.607. The van der Waals surface area contributed by atoms with Crippen molar-refractivity contribution in [2.24, 2.45) is 0 Å². The number of aromatic hydroxyl groups is 1. The van der Waals surface area contributed by atoms with Crippen LogP contribution in [0.25, 0.3) is 0 Å². The predicted molar refractivity (Wildman–Crippen MR) is 51.9 cm³/mol. The van der Waals surface area contributed by atoms with Crippen LogP contribution in [0.3, 0.4) is 0 Å². The zero-order valence-corrected chi connectivity index (χ0v) is 7.96. The lowest BCUT2D eigenvalue weighted by Gasteiger charge is -2.10. The molecule has 0 saturated carbocycles. The third kappa shape index (κ3) is 4.33. The molecule has 0 heterocycles. The van der Waals surface area contributed by atoms with E-state index in [4.69, 9.17) is 14.9 Å². The van der Waals surface area contributed by atoms with Gasteiger partial charge in [0.15, 0.2) is 0 Å². The zero-order chi connectivity index (χ0) is 11.3. The molecule has 0 aromatic heterocycles. The van der Waals surface area contributed by atoms with Crippen molar-refractivity contribution in [2.75, 3.05) is 6.61 Å². The van der Waals surface area contributed by atoms with Crippen LogP contribution in [0.4, 0.5) is 0 Å². The standard InChI is InChI=1S/C10H12O5/c11-7-2-1-3-9(4-7)15-6-8(12)5-10(13)14/h1-4,8,11-12H,5-6H2,(H,13,14). The molecule has 0 aliphatic heterocycles. The minimum atomic E-state index is -1.08. The molecule has 0 radical (unpaired) electrons. The highest BCUT2D eigenvalue weighted by molar-refractivity contribution is 5.67. The molecule has 15 heavy (non-hydrogen) atoms. The van der Waals surface area contributed by atoms with Crippen molar-refractivity contribution >= 4 is 5.97 Å². The number of rotatable bonds is 5. The van der Waals surface area contributed by atoms with Gasteiger partial charge < -0.3 is 20.1 Å². The minimum Gasteiger partial charge on any atom is -0.508 e. The first-order valence-corrected chi connectivity index (χ1v) is 4.39. The Kier molecular flexibility index (Phi) is 3.93. The van der Waals surface area contributed by atoms with Crippen molar-refractivity contribution < 1.29 is 24.9 Å². The van der Waals surface area contributed by atoms with Gasteiger partial charge >= 0.3 is 5.97 Å². The number of benzene rings is 1. The van der Waals surface area contributed by atoms with Gasteiger partial charge in [-0.2, -0.15) is 0 Å². The van der Waals surface area contributed by atoms with Crippen molar-refractivity contribution in [1.29, 1.82) is 0 Å². The number of ether oxygens (including phenoxy) is 1. The van der Waals surface area contributed by atoms with E-state index in [2.05, 4.69) is 0 Å². The molecule has 1 atom stereocenters. The van der Waals surface area contributed by atoms with Crippen LogP contribution in [0.2, 0.25) is 0 Å². The number of carboxylic acids is 1. The number of phenolic OH excluding ortho intramolecular Hbond substituents is 1. The number of hydrogen-bond acceptors (Lipinski definition) is 4. The summed E-state index contributed by atoms with van der Waals surface area (Å²) in [5, 5.41) is 26.6.